The third-order valence-electron chi connectivity index (χ3n) is 3.66. The maximum absolute atomic E-state index is 12.4. The van der Waals surface area contributed by atoms with E-state index >= 15 is 0 Å². The Bertz CT molecular complexity index is 866. The number of thioether (sulfide) groups is 1. The molecule has 132 valence electrons. The lowest BCUT2D eigenvalue weighted by Gasteiger charge is -2.12. The number of imide groups is 1. The molecule has 0 aromatic heterocycles. The molecule has 0 radical (unpaired) electrons. The summed E-state index contributed by atoms with van der Waals surface area (Å²) in [6.45, 7) is 0.0429. The van der Waals surface area contributed by atoms with Crippen molar-refractivity contribution in [2.45, 2.75) is 6.42 Å². The van der Waals surface area contributed by atoms with Crippen LogP contribution in [-0.4, -0.2) is 28.5 Å². The van der Waals surface area contributed by atoms with Gasteiger partial charge in [0.15, 0.2) is 0 Å². The molecule has 1 aliphatic rings. The van der Waals surface area contributed by atoms with Gasteiger partial charge in [-0.25, -0.2) is 0 Å². The largest absolute Gasteiger partial charge is 0.326 e. The number of hydrogen-bond acceptors (Lipinski definition) is 4. The summed E-state index contributed by atoms with van der Waals surface area (Å²) < 4.78 is 0. The number of rotatable bonds is 5. The Balaban J connectivity index is 1.60. The fourth-order valence-corrected chi connectivity index (χ4v) is 3.35. The van der Waals surface area contributed by atoms with Crippen molar-refractivity contribution in [1.82, 2.24) is 4.90 Å². The van der Waals surface area contributed by atoms with Crippen LogP contribution in [0.3, 0.4) is 0 Å². The fourth-order valence-electron chi connectivity index (χ4n) is 2.36. The quantitative estimate of drug-likeness (QED) is 0.773. The molecule has 1 fully saturated rings. The second kappa shape index (κ2) is 8.21. The molecule has 0 atom stereocenters. The van der Waals surface area contributed by atoms with Crippen LogP contribution in [0.25, 0.3) is 6.08 Å². The number of halogens is 1. The molecule has 3 rings (SSSR count). The van der Waals surface area contributed by atoms with E-state index in [0.717, 1.165) is 22.2 Å². The molecular weight excluding hydrogens is 372 g/mol. The Morgan fingerprint density at radius 1 is 1.08 bits per heavy atom. The number of anilines is 1. The summed E-state index contributed by atoms with van der Waals surface area (Å²) in [5.74, 6) is -0.639. The first-order valence-electron chi connectivity index (χ1n) is 7.89. The Morgan fingerprint density at radius 2 is 1.77 bits per heavy atom. The number of nitrogens with one attached hydrogen (secondary N) is 1. The summed E-state index contributed by atoms with van der Waals surface area (Å²) in [5, 5.41) is 2.95. The zero-order chi connectivity index (χ0) is 18.5. The van der Waals surface area contributed by atoms with Gasteiger partial charge in [-0.15, -0.1) is 0 Å². The molecule has 0 bridgehead atoms. The third kappa shape index (κ3) is 4.53. The van der Waals surface area contributed by atoms with Crippen LogP contribution in [0.15, 0.2) is 59.5 Å². The normalized spacial score (nSPS) is 15.6. The van der Waals surface area contributed by atoms with Crippen LogP contribution in [0.4, 0.5) is 10.5 Å². The number of amides is 3. The number of carbonyl (C=O) groups is 3. The third-order valence-corrected chi connectivity index (χ3v) is 4.82. The highest BCUT2D eigenvalue weighted by atomic mass is 35.5. The van der Waals surface area contributed by atoms with Gasteiger partial charge in [-0.3, -0.25) is 19.3 Å². The van der Waals surface area contributed by atoms with Crippen molar-refractivity contribution < 1.29 is 14.4 Å². The fraction of sp³-hybridized carbons (Fsp3) is 0.105. The van der Waals surface area contributed by atoms with E-state index in [0.29, 0.717) is 15.6 Å². The molecule has 3 amide bonds. The lowest BCUT2D eigenvalue weighted by Crippen LogP contribution is -2.31. The van der Waals surface area contributed by atoms with Crippen molar-refractivity contribution in [3.63, 3.8) is 0 Å². The predicted molar refractivity (Wildman–Crippen MR) is 104 cm³/mol. The minimum absolute atomic E-state index is 0.0428. The summed E-state index contributed by atoms with van der Waals surface area (Å²) in [6, 6.07) is 16.0. The van der Waals surface area contributed by atoms with Crippen LogP contribution in [0, 0.1) is 0 Å². The Hall–Kier alpha value is -2.57. The smallest absolute Gasteiger partial charge is 0.293 e. The van der Waals surface area contributed by atoms with Gasteiger partial charge in [0.25, 0.3) is 11.1 Å². The molecule has 0 spiro atoms. The first-order chi connectivity index (χ1) is 12.5. The Kier molecular flexibility index (Phi) is 5.75. The van der Waals surface area contributed by atoms with E-state index in [1.54, 1.807) is 42.5 Å². The first kappa shape index (κ1) is 18.2. The van der Waals surface area contributed by atoms with Crippen LogP contribution < -0.4 is 5.32 Å². The topological polar surface area (TPSA) is 66.5 Å². The average Bonchev–Trinajstić information content (AvgIpc) is 2.89. The van der Waals surface area contributed by atoms with Crippen LogP contribution in [0.1, 0.15) is 12.0 Å². The first-order valence-corrected chi connectivity index (χ1v) is 9.08. The molecule has 0 saturated carbocycles. The van der Waals surface area contributed by atoms with Gasteiger partial charge >= 0.3 is 0 Å². The lowest BCUT2D eigenvalue weighted by atomic mass is 10.2. The highest BCUT2D eigenvalue weighted by Crippen LogP contribution is 2.32. The van der Waals surface area contributed by atoms with Crippen molar-refractivity contribution >= 4 is 52.2 Å². The van der Waals surface area contributed by atoms with Gasteiger partial charge < -0.3 is 5.32 Å². The number of nitrogens with zero attached hydrogens (tertiary/aromatic N) is 1. The molecule has 0 unspecified atom stereocenters. The number of carbonyl (C=O) groups excluding carboxylic acids is 3. The van der Waals surface area contributed by atoms with Crippen molar-refractivity contribution in [2.75, 3.05) is 11.9 Å². The maximum Gasteiger partial charge on any atom is 0.293 e. The van der Waals surface area contributed by atoms with Crippen molar-refractivity contribution in [3.05, 3.63) is 70.1 Å². The molecule has 0 aliphatic carbocycles. The molecule has 5 nitrogen and oxygen atoms in total. The second-order valence-electron chi connectivity index (χ2n) is 5.55. The van der Waals surface area contributed by atoms with Gasteiger partial charge in [0.05, 0.1) is 4.91 Å². The van der Waals surface area contributed by atoms with E-state index in [1.165, 1.54) is 0 Å². The van der Waals surface area contributed by atoms with Gasteiger partial charge in [0.2, 0.25) is 5.91 Å². The van der Waals surface area contributed by atoms with Gasteiger partial charge in [0.1, 0.15) is 0 Å². The van der Waals surface area contributed by atoms with Gasteiger partial charge in [0, 0.05) is 23.7 Å². The van der Waals surface area contributed by atoms with E-state index < -0.39 is 0 Å². The van der Waals surface area contributed by atoms with E-state index in [1.807, 2.05) is 18.2 Å². The molecular formula is C19H15ClN2O3S. The molecule has 1 N–H and O–H groups in total. The highest BCUT2D eigenvalue weighted by Gasteiger charge is 2.34. The van der Waals surface area contributed by atoms with Gasteiger partial charge in [-0.2, -0.15) is 0 Å². The number of benzene rings is 2. The summed E-state index contributed by atoms with van der Waals surface area (Å²) in [4.78, 5) is 37.9. The SMILES string of the molecule is O=C(CCN1C(=O)S/C(=C\c2ccc(Cl)cc2)C1=O)Nc1ccccc1. The van der Waals surface area contributed by atoms with Crippen LogP contribution in [-0.2, 0) is 9.59 Å². The van der Waals surface area contributed by atoms with E-state index in [2.05, 4.69) is 5.32 Å². The predicted octanol–water partition coefficient (Wildman–Crippen LogP) is 4.41. The minimum Gasteiger partial charge on any atom is -0.326 e. The second-order valence-corrected chi connectivity index (χ2v) is 6.98. The zero-order valence-corrected chi connectivity index (χ0v) is 15.2. The van der Waals surface area contributed by atoms with Crippen molar-refractivity contribution in [1.29, 1.82) is 0 Å². The summed E-state index contributed by atoms with van der Waals surface area (Å²) in [5.41, 5.74) is 1.45. The Labute approximate surface area is 160 Å². The highest BCUT2D eigenvalue weighted by molar-refractivity contribution is 8.18. The summed E-state index contributed by atoms with van der Waals surface area (Å²) in [7, 11) is 0. The van der Waals surface area contributed by atoms with Crippen LogP contribution in [0.5, 0.6) is 0 Å². The van der Waals surface area contributed by atoms with Gasteiger partial charge in [-0.1, -0.05) is 41.9 Å². The summed E-state index contributed by atoms with van der Waals surface area (Å²) in [6.07, 6.45) is 1.69. The molecule has 1 aliphatic heterocycles. The van der Waals surface area contributed by atoms with Crippen LogP contribution in [0.2, 0.25) is 5.02 Å². The minimum atomic E-state index is -0.387. The summed E-state index contributed by atoms with van der Waals surface area (Å²) >= 11 is 6.71. The van der Waals surface area contributed by atoms with E-state index in [9.17, 15) is 14.4 Å². The molecule has 1 saturated heterocycles. The average molecular weight is 387 g/mol. The van der Waals surface area contributed by atoms with Crippen molar-refractivity contribution in [3.8, 4) is 0 Å². The molecule has 1 heterocycles. The van der Waals surface area contributed by atoms with E-state index in [4.69, 9.17) is 11.6 Å². The monoisotopic (exact) mass is 386 g/mol. The molecule has 2 aromatic carbocycles. The number of para-hydroxylation sites is 1. The molecule has 26 heavy (non-hydrogen) atoms. The standard InChI is InChI=1S/C19H15ClN2O3S/c20-14-8-6-13(7-9-14)12-16-18(24)22(19(25)26-16)11-10-17(23)21-15-4-2-1-3-5-15/h1-9,12H,10-11H2,(H,21,23)/b16-12-. The van der Waals surface area contributed by atoms with Gasteiger partial charge in [-0.05, 0) is 47.7 Å². The Morgan fingerprint density at radius 3 is 2.46 bits per heavy atom. The lowest BCUT2D eigenvalue weighted by molar-refractivity contribution is -0.123. The van der Waals surface area contributed by atoms with E-state index in [-0.39, 0.29) is 30.0 Å². The molecule has 2 aromatic rings. The zero-order valence-electron chi connectivity index (χ0n) is 13.6. The van der Waals surface area contributed by atoms with Crippen molar-refractivity contribution in [2.24, 2.45) is 0 Å². The molecule has 7 heteroatoms. The van der Waals surface area contributed by atoms with Crippen LogP contribution >= 0.6 is 23.4 Å². The number of hydrogen-bond donors (Lipinski definition) is 1. The maximum atomic E-state index is 12.4.